The van der Waals surface area contributed by atoms with Gasteiger partial charge in [-0.1, -0.05) is 31.5 Å². The third-order valence-electron chi connectivity index (χ3n) is 2.65. The van der Waals surface area contributed by atoms with Crippen LogP contribution in [0.1, 0.15) is 25.0 Å². The Labute approximate surface area is 96.2 Å². The van der Waals surface area contributed by atoms with Crippen molar-refractivity contribution in [2.24, 2.45) is 5.73 Å². The molecule has 90 valence electrons. The lowest BCUT2D eigenvalue weighted by Crippen LogP contribution is -2.30. The highest BCUT2D eigenvalue weighted by Crippen LogP contribution is 2.29. The van der Waals surface area contributed by atoms with Crippen LogP contribution in [0.25, 0.3) is 0 Å². The minimum Gasteiger partial charge on any atom is -0.330 e. The number of hydrogen-bond donors (Lipinski definition) is 2. The van der Waals surface area contributed by atoms with E-state index >= 15 is 0 Å². The van der Waals surface area contributed by atoms with Gasteiger partial charge in [0.1, 0.15) is 0 Å². The molecule has 0 saturated carbocycles. The van der Waals surface area contributed by atoms with Crippen molar-refractivity contribution in [1.29, 1.82) is 0 Å². The van der Waals surface area contributed by atoms with Crippen molar-refractivity contribution < 1.29 is 13.0 Å². The van der Waals surface area contributed by atoms with Crippen LogP contribution in [0.4, 0.5) is 0 Å². The summed E-state index contributed by atoms with van der Waals surface area (Å²) in [5.74, 6) is 0. The Morgan fingerprint density at radius 2 is 1.94 bits per heavy atom. The van der Waals surface area contributed by atoms with Crippen LogP contribution in [0.2, 0.25) is 0 Å². The van der Waals surface area contributed by atoms with E-state index in [1.54, 1.807) is 12.1 Å². The van der Waals surface area contributed by atoms with Crippen molar-refractivity contribution in [3.05, 3.63) is 29.3 Å². The number of benzene rings is 1. The fourth-order valence-electron chi connectivity index (χ4n) is 1.51. The van der Waals surface area contributed by atoms with Crippen LogP contribution in [0.15, 0.2) is 23.1 Å². The van der Waals surface area contributed by atoms with Crippen LogP contribution in [-0.2, 0) is 15.5 Å². The Kier molecular flexibility index (Phi) is 3.42. The molecule has 0 radical (unpaired) electrons. The third kappa shape index (κ3) is 2.61. The SMILES string of the molecule is Cc1ccc(S(=O)(=O)O)c(C(C)(C)CN)c1. The normalized spacial score (nSPS) is 12.8. The molecule has 1 aromatic carbocycles. The van der Waals surface area contributed by atoms with E-state index in [1.165, 1.54) is 6.07 Å². The van der Waals surface area contributed by atoms with Gasteiger partial charge in [-0.05, 0) is 18.6 Å². The minimum absolute atomic E-state index is 0.0615. The Morgan fingerprint density at radius 3 is 2.38 bits per heavy atom. The van der Waals surface area contributed by atoms with Gasteiger partial charge in [0.15, 0.2) is 0 Å². The zero-order valence-corrected chi connectivity index (χ0v) is 10.5. The minimum atomic E-state index is -4.20. The summed E-state index contributed by atoms with van der Waals surface area (Å²) in [7, 11) is -4.20. The van der Waals surface area contributed by atoms with E-state index in [1.807, 2.05) is 20.8 Å². The Morgan fingerprint density at radius 1 is 1.38 bits per heavy atom. The molecule has 1 aromatic rings. The number of rotatable bonds is 3. The van der Waals surface area contributed by atoms with Crippen molar-refractivity contribution in [2.75, 3.05) is 6.54 Å². The first kappa shape index (κ1) is 13.2. The first-order valence-corrected chi connectivity index (χ1v) is 6.41. The van der Waals surface area contributed by atoms with Gasteiger partial charge < -0.3 is 5.73 Å². The molecular formula is C11H17NO3S. The van der Waals surface area contributed by atoms with Crippen molar-refractivity contribution in [3.8, 4) is 0 Å². The lowest BCUT2D eigenvalue weighted by Gasteiger charge is -2.25. The molecule has 0 spiro atoms. The maximum absolute atomic E-state index is 11.2. The monoisotopic (exact) mass is 243 g/mol. The molecule has 0 amide bonds. The summed E-state index contributed by atoms with van der Waals surface area (Å²) >= 11 is 0. The molecule has 0 atom stereocenters. The average Bonchev–Trinajstić information content (AvgIpc) is 2.15. The zero-order chi connectivity index (χ0) is 12.6. The largest absolute Gasteiger partial charge is 0.330 e. The van der Waals surface area contributed by atoms with Gasteiger partial charge in [0, 0.05) is 12.0 Å². The molecule has 0 bridgehead atoms. The molecule has 4 nitrogen and oxygen atoms in total. The lowest BCUT2D eigenvalue weighted by molar-refractivity contribution is 0.472. The predicted molar refractivity (Wildman–Crippen MR) is 63.1 cm³/mol. The molecule has 16 heavy (non-hydrogen) atoms. The Balaban J connectivity index is 3.54. The maximum atomic E-state index is 11.2. The molecule has 0 aliphatic carbocycles. The second kappa shape index (κ2) is 4.16. The van der Waals surface area contributed by atoms with Crippen molar-refractivity contribution in [3.63, 3.8) is 0 Å². The zero-order valence-electron chi connectivity index (χ0n) is 9.69. The molecule has 3 N–H and O–H groups in total. The standard InChI is InChI=1S/C11H17NO3S/c1-8-4-5-10(16(13,14)15)9(6-8)11(2,3)7-12/h4-6H,7,12H2,1-3H3,(H,13,14,15). The fraction of sp³-hybridized carbons (Fsp3) is 0.455. The first-order valence-electron chi connectivity index (χ1n) is 4.97. The molecule has 0 aliphatic heterocycles. The van der Waals surface area contributed by atoms with Crippen molar-refractivity contribution in [2.45, 2.75) is 31.1 Å². The van der Waals surface area contributed by atoms with Crippen LogP contribution < -0.4 is 5.73 Å². The molecule has 0 heterocycles. The highest BCUT2D eigenvalue weighted by molar-refractivity contribution is 7.85. The van der Waals surface area contributed by atoms with Crippen LogP contribution in [0.3, 0.4) is 0 Å². The third-order valence-corrected chi connectivity index (χ3v) is 3.56. The van der Waals surface area contributed by atoms with Crippen LogP contribution in [0, 0.1) is 6.92 Å². The van der Waals surface area contributed by atoms with Gasteiger partial charge in [0.2, 0.25) is 0 Å². The summed E-state index contributed by atoms with van der Waals surface area (Å²) in [6.07, 6.45) is 0. The van der Waals surface area contributed by atoms with Gasteiger partial charge in [-0.3, -0.25) is 4.55 Å². The van der Waals surface area contributed by atoms with Gasteiger partial charge >= 0.3 is 0 Å². The first-order chi connectivity index (χ1) is 7.18. The molecular weight excluding hydrogens is 226 g/mol. The Bertz CT molecular complexity index is 492. The van der Waals surface area contributed by atoms with Gasteiger partial charge in [-0.2, -0.15) is 8.42 Å². The predicted octanol–water partition coefficient (Wildman–Crippen LogP) is 1.48. The van der Waals surface area contributed by atoms with Crippen LogP contribution in [0.5, 0.6) is 0 Å². The summed E-state index contributed by atoms with van der Waals surface area (Å²) in [5, 5.41) is 0. The van der Waals surface area contributed by atoms with Gasteiger partial charge in [0.05, 0.1) is 4.90 Å². The molecule has 0 fully saturated rings. The second-order valence-electron chi connectivity index (χ2n) is 4.56. The summed E-state index contributed by atoms with van der Waals surface area (Å²) < 4.78 is 31.6. The molecule has 5 heteroatoms. The summed E-state index contributed by atoms with van der Waals surface area (Å²) in [6.45, 7) is 5.86. The number of nitrogens with two attached hydrogens (primary N) is 1. The van der Waals surface area contributed by atoms with Crippen LogP contribution >= 0.6 is 0 Å². The van der Waals surface area contributed by atoms with Gasteiger partial charge in [-0.15, -0.1) is 0 Å². The molecule has 0 aliphatic rings. The smallest absolute Gasteiger partial charge is 0.294 e. The average molecular weight is 243 g/mol. The van der Waals surface area contributed by atoms with Crippen molar-refractivity contribution >= 4 is 10.1 Å². The fourth-order valence-corrected chi connectivity index (χ4v) is 2.36. The molecule has 0 aromatic heterocycles. The highest BCUT2D eigenvalue weighted by atomic mass is 32.2. The summed E-state index contributed by atoms with van der Waals surface area (Å²) in [6, 6.07) is 4.81. The van der Waals surface area contributed by atoms with Crippen LogP contribution in [-0.4, -0.2) is 19.5 Å². The van der Waals surface area contributed by atoms with Gasteiger partial charge in [-0.25, -0.2) is 0 Å². The maximum Gasteiger partial charge on any atom is 0.294 e. The summed E-state index contributed by atoms with van der Waals surface area (Å²) in [4.78, 5) is -0.0615. The van der Waals surface area contributed by atoms with E-state index in [0.29, 0.717) is 12.1 Å². The number of hydrogen-bond acceptors (Lipinski definition) is 3. The molecule has 0 saturated heterocycles. The quantitative estimate of drug-likeness (QED) is 0.788. The molecule has 1 rings (SSSR count). The van der Waals surface area contributed by atoms with Crippen molar-refractivity contribution in [1.82, 2.24) is 0 Å². The lowest BCUT2D eigenvalue weighted by atomic mass is 9.84. The van der Waals surface area contributed by atoms with E-state index in [-0.39, 0.29) is 4.90 Å². The van der Waals surface area contributed by atoms with E-state index in [0.717, 1.165) is 5.56 Å². The highest BCUT2D eigenvalue weighted by Gasteiger charge is 2.26. The summed E-state index contributed by atoms with van der Waals surface area (Å²) in [5.41, 5.74) is 6.62. The molecule has 0 unspecified atom stereocenters. The topological polar surface area (TPSA) is 80.4 Å². The Hall–Kier alpha value is -0.910. The second-order valence-corrected chi connectivity index (χ2v) is 5.95. The number of aryl methyl sites for hydroxylation is 1. The van der Waals surface area contributed by atoms with E-state index in [2.05, 4.69) is 0 Å². The van der Waals surface area contributed by atoms with Gasteiger partial charge in [0.25, 0.3) is 10.1 Å². The van der Waals surface area contributed by atoms with E-state index in [9.17, 15) is 8.42 Å². The van der Waals surface area contributed by atoms with E-state index in [4.69, 9.17) is 10.3 Å². The van der Waals surface area contributed by atoms with E-state index < -0.39 is 15.5 Å².